The SMILES string of the molecule is CCCC[C@@H]1C(=O)N(C)CCN1C(=O)Nc1cc(F)ccc1C. The van der Waals surface area contributed by atoms with Crippen molar-refractivity contribution in [2.75, 3.05) is 25.5 Å². The molecular weight excluding hydrogens is 297 g/mol. The van der Waals surface area contributed by atoms with Crippen LogP contribution in [0.2, 0.25) is 0 Å². The summed E-state index contributed by atoms with van der Waals surface area (Å²) in [6.07, 6.45) is 2.49. The second-order valence-corrected chi connectivity index (χ2v) is 6.00. The molecule has 5 nitrogen and oxygen atoms in total. The van der Waals surface area contributed by atoms with Crippen LogP contribution in [-0.4, -0.2) is 47.9 Å². The van der Waals surface area contributed by atoms with Crippen LogP contribution in [0, 0.1) is 12.7 Å². The van der Waals surface area contributed by atoms with E-state index in [2.05, 4.69) is 12.2 Å². The van der Waals surface area contributed by atoms with E-state index in [4.69, 9.17) is 0 Å². The zero-order valence-electron chi connectivity index (χ0n) is 13.9. The Morgan fingerprint density at radius 2 is 2.13 bits per heavy atom. The third-order valence-electron chi connectivity index (χ3n) is 4.25. The van der Waals surface area contributed by atoms with Crippen LogP contribution in [0.5, 0.6) is 0 Å². The van der Waals surface area contributed by atoms with Gasteiger partial charge in [-0.2, -0.15) is 0 Å². The zero-order chi connectivity index (χ0) is 17.0. The lowest BCUT2D eigenvalue weighted by molar-refractivity contribution is -0.138. The summed E-state index contributed by atoms with van der Waals surface area (Å²) in [6, 6.07) is 3.48. The Balaban J connectivity index is 2.15. The van der Waals surface area contributed by atoms with Crippen molar-refractivity contribution in [1.82, 2.24) is 9.80 Å². The molecule has 1 aromatic carbocycles. The number of carbonyl (C=O) groups is 2. The number of urea groups is 1. The van der Waals surface area contributed by atoms with Gasteiger partial charge in [-0.1, -0.05) is 25.8 Å². The number of aryl methyl sites for hydroxylation is 1. The number of anilines is 1. The van der Waals surface area contributed by atoms with Gasteiger partial charge in [0.25, 0.3) is 0 Å². The van der Waals surface area contributed by atoms with E-state index < -0.39 is 11.9 Å². The minimum atomic E-state index is -0.442. The van der Waals surface area contributed by atoms with Gasteiger partial charge in [0.1, 0.15) is 11.9 Å². The summed E-state index contributed by atoms with van der Waals surface area (Å²) < 4.78 is 13.4. The Hall–Kier alpha value is -2.11. The Kier molecular flexibility index (Phi) is 5.58. The fourth-order valence-corrected chi connectivity index (χ4v) is 2.75. The summed E-state index contributed by atoms with van der Waals surface area (Å²) in [4.78, 5) is 28.2. The number of nitrogens with zero attached hydrogens (tertiary/aromatic N) is 2. The van der Waals surface area contributed by atoms with Crippen molar-refractivity contribution in [2.45, 2.75) is 39.2 Å². The molecule has 2 rings (SSSR count). The van der Waals surface area contributed by atoms with Gasteiger partial charge in [0.15, 0.2) is 0 Å². The van der Waals surface area contributed by atoms with Crippen LogP contribution in [0.3, 0.4) is 0 Å². The zero-order valence-corrected chi connectivity index (χ0v) is 13.9. The molecule has 126 valence electrons. The highest BCUT2D eigenvalue weighted by atomic mass is 19.1. The molecule has 0 spiro atoms. The monoisotopic (exact) mass is 321 g/mol. The van der Waals surface area contributed by atoms with Crippen LogP contribution >= 0.6 is 0 Å². The summed E-state index contributed by atoms with van der Waals surface area (Å²) in [5, 5.41) is 2.74. The number of benzene rings is 1. The molecule has 1 aliphatic heterocycles. The van der Waals surface area contributed by atoms with E-state index in [0.29, 0.717) is 25.2 Å². The van der Waals surface area contributed by atoms with Crippen LogP contribution in [0.1, 0.15) is 31.7 Å². The lowest BCUT2D eigenvalue weighted by Gasteiger charge is -2.39. The number of halogens is 1. The molecule has 1 aromatic rings. The fourth-order valence-electron chi connectivity index (χ4n) is 2.75. The van der Waals surface area contributed by atoms with E-state index in [1.165, 1.54) is 12.1 Å². The molecule has 0 aromatic heterocycles. The summed E-state index contributed by atoms with van der Waals surface area (Å²) in [6.45, 7) is 4.85. The molecule has 1 N–H and O–H groups in total. The average molecular weight is 321 g/mol. The number of hydrogen-bond acceptors (Lipinski definition) is 2. The number of likely N-dealkylation sites (N-methyl/N-ethyl adjacent to an activating group) is 1. The molecule has 3 amide bonds. The first-order valence-electron chi connectivity index (χ1n) is 8.02. The Bertz CT molecular complexity index is 591. The number of carbonyl (C=O) groups excluding carboxylic acids is 2. The quantitative estimate of drug-likeness (QED) is 0.927. The average Bonchev–Trinajstić information content (AvgIpc) is 2.52. The first-order chi connectivity index (χ1) is 10.9. The molecule has 0 unspecified atom stereocenters. The first-order valence-corrected chi connectivity index (χ1v) is 8.02. The third-order valence-corrected chi connectivity index (χ3v) is 4.25. The summed E-state index contributed by atoms with van der Waals surface area (Å²) in [5.74, 6) is -0.432. The topological polar surface area (TPSA) is 52.7 Å². The molecule has 1 fully saturated rings. The van der Waals surface area contributed by atoms with Gasteiger partial charge in [0.05, 0.1) is 0 Å². The largest absolute Gasteiger partial charge is 0.342 e. The highest BCUT2D eigenvalue weighted by Crippen LogP contribution is 2.20. The van der Waals surface area contributed by atoms with Crippen molar-refractivity contribution < 1.29 is 14.0 Å². The second kappa shape index (κ2) is 7.44. The van der Waals surface area contributed by atoms with Crippen LogP contribution in [0.25, 0.3) is 0 Å². The van der Waals surface area contributed by atoms with E-state index in [0.717, 1.165) is 18.4 Å². The molecule has 0 aliphatic carbocycles. The molecule has 0 radical (unpaired) electrons. The maximum Gasteiger partial charge on any atom is 0.322 e. The number of hydrogen-bond donors (Lipinski definition) is 1. The van der Waals surface area contributed by atoms with Gasteiger partial charge in [-0.15, -0.1) is 0 Å². The standard InChI is InChI=1S/C17H24FN3O2/c1-4-5-6-15-16(22)20(3)9-10-21(15)17(23)19-14-11-13(18)8-7-12(14)2/h7-8,11,15H,4-6,9-10H2,1-3H3,(H,19,23)/t15-/m1/s1. The minimum absolute atomic E-state index is 0.0317. The van der Waals surface area contributed by atoms with Gasteiger partial charge in [-0.3, -0.25) is 4.79 Å². The van der Waals surface area contributed by atoms with E-state index in [-0.39, 0.29) is 11.9 Å². The Morgan fingerprint density at radius 3 is 2.83 bits per heavy atom. The highest BCUT2D eigenvalue weighted by Gasteiger charge is 2.35. The van der Waals surface area contributed by atoms with Crippen LogP contribution in [-0.2, 0) is 4.79 Å². The van der Waals surface area contributed by atoms with E-state index in [1.54, 1.807) is 29.8 Å². The van der Waals surface area contributed by atoms with Crippen molar-refractivity contribution in [3.63, 3.8) is 0 Å². The van der Waals surface area contributed by atoms with Crippen molar-refractivity contribution in [3.05, 3.63) is 29.6 Å². The lowest BCUT2D eigenvalue weighted by Crippen LogP contribution is -2.58. The van der Waals surface area contributed by atoms with E-state index >= 15 is 0 Å². The second-order valence-electron chi connectivity index (χ2n) is 6.00. The van der Waals surface area contributed by atoms with Gasteiger partial charge < -0.3 is 15.1 Å². The van der Waals surface area contributed by atoms with Crippen molar-refractivity contribution in [1.29, 1.82) is 0 Å². The number of unbranched alkanes of at least 4 members (excludes halogenated alkanes) is 1. The number of piperazine rings is 1. The molecule has 1 heterocycles. The van der Waals surface area contributed by atoms with E-state index in [1.807, 2.05) is 0 Å². The maximum absolute atomic E-state index is 13.4. The normalized spacial score (nSPS) is 18.3. The van der Waals surface area contributed by atoms with Gasteiger partial charge in [-0.25, -0.2) is 9.18 Å². The van der Waals surface area contributed by atoms with Crippen molar-refractivity contribution in [2.24, 2.45) is 0 Å². The van der Waals surface area contributed by atoms with Crippen LogP contribution in [0.4, 0.5) is 14.9 Å². The van der Waals surface area contributed by atoms with Crippen molar-refractivity contribution >= 4 is 17.6 Å². The van der Waals surface area contributed by atoms with Crippen LogP contribution < -0.4 is 5.32 Å². The fraction of sp³-hybridized carbons (Fsp3) is 0.529. The summed E-state index contributed by atoms with van der Waals surface area (Å²) in [7, 11) is 1.76. The number of nitrogens with one attached hydrogen (secondary N) is 1. The van der Waals surface area contributed by atoms with Gasteiger partial charge in [-0.05, 0) is 31.0 Å². The van der Waals surface area contributed by atoms with Gasteiger partial charge in [0, 0.05) is 25.8 Å². The highest BCUT2D eigenvalue weighted by molar-refractivity contribution is 5.95. The third kappa shape index (κ3) is 4.00. The molecule has 23 heavy (non-hydrogen) atoms. The predicted octanol–water partition coefficient (Wildman–Crippen LogP) is 3.00. The Labute approximate surface area is 136 Å². The number of rotatable bonds is 4. The Morgan fingerprint density at radius 1 is 1.39 bits per heavy atom. The van der Waals surface area contributed by atoms with Crippen LogP contribution in [0.15, 0.2) is 18.2 Å². The molecule has 1 atom stereocenters. The molecule has 6 heteroatoms. The van der Waals surface area contributed by atoms with Crippen molar-refractivity contribution in [3.8, 4) is 0 Å². The molecular formula is C17H24FN3O2. The summed E-state index contributed by atoms with van der Waals surface area (Å²) in [5.41, 5.74) is 1.22. The predicted molar refractivity (Wildman–Crippen MR) is 87.8 cm³/mol. The lowest BCUT2D eigenvalue weighted by atomic mass is 10.0. The van der Waals surface area contributed by atoms with Gasteiger partial charge >= 0.3 is 6.03 Å². The summed E-state index contributed by atoms with van der Waals surface area (Å²) >= 11 is 0. The maximum atomic E-state index is 13.4. The molecule has 0 saturated carbocycles. The first kappa shape index (κ1) is 17.2. The molecule has 1 saturated heterocycles. The van der Waals surface area contributed by atoms with Gasteiger partial charge in [0.2, 0.25) is 5.91 Å². The smallest absolute Gasteiger partial charge is 0.322 e. The molecule has 0 bridgehead atoms. The molecule has 1 aliphatic rings. The van der Waals surface area contributed by atoms with E-state index in [9.17, 15) is 14.0 Å². The minimum Gasteiger partial charge on any atom is -0.342 e. The number of amides is 3.